The van der Waals surface area contributed by atoms with Gasteiger partial charge < -0.3 is 35.9 Å². The molecule has 0 spiro atoms. The average molecular weight is 493 g/mol. The Morgan fingerprint density at radius 2 is 1.62 bits per heavy atom. The molecule has 184 valence electrons. The summed E-state index contributed by atoms with van der Waals surface area (Å²) in [5, 5.41) is 3.47. The van der Waals surface area contributed by atoms with Crippen LogP contribution in [0.25, 0.3) is 0 Å². The summed E-state index contributed by atoms with van der Waals surface area (Å²) in [5.41, 5.74) is 11.5. The summed E-state index contributed by atoms with van der Waals surface area (Å²) in [4.78, 5) is 33.9. The molecular weight excluding hydrogens is 464 g/mol. The number of carbonyl (C=O) groups is 2. The lowest BCUT2D eigenvalue weighted by Crippen LogP contribution is -2.43. The van der Waals surface area contributed by atoms with Gasteiger partial charge in [-0.3, -0.25) is 9.59 Å². The minimum absolute atomic E-state index is 0.0480. The molecule has 12 heteroatoms. The maximum Gasteiger partial charge on any atom is 0.229 e. The summed E-state index contributed by atoms with van der Waals surface area (Å²) in [6.45, 7) is 1.02. The highest BCUT2D eigenvalue weighted by Crippen LogP contribution is 2.40. The lowest BCUT2D eigenvalue weighted by molar-refractivity contribution is -0.119. The third kappa shape index (κ3) is 6.10. The summed E-state index contributed by atoms with van der Waals surface area (Å²) >= 11 is 6.44. The molecule has 5 N–H and O–H groups in total. The van der Waals surface area contributed by atoms with E-state index in [1.807, 2.05) is 4.90 Å². The van der Waals surface area contributed by atoms with Crippen LogP contribution < -0.4 is 35.9 Å². The van der Waals surface area contributed by atoms with Crippen molar-refractivity contribution in [1.29, 1.82) is 0 Å². The van der Waals surface area contributed by atoms with Gasteiger partial charge in [0.15, 0.2) is 17.3 Å². The normalized spacial score (nSPS) is 17.7. The van der Waals surface area contributed by atoms with Gasteiger partial charge in [-0.2, -0.15) is 4.98 Å². The molecule has 2 aromatic rings. The number of primary amides is 2. The minimum atomic E-state index is -0.400. The lowest BCUT2D eigenvalue weighted by atomic mass is 9.85. The first-order chi connectivity index (χ1) is 16.2. The number of hydrogen-bond donors (Lipinski definition) is 3. The molecule has 11 nitrogen and oxygen atoms in total. The number of nitrogens with two attached hydrogens (primary N) is 2. The number of benzene rings is 1. The second kappa shape index (κ2) is 11.1. The quantitative estimate of drug-likeness (QED) is 0.452. The number of piperidine rings is 1. The standard InChI is InChI=1S/C22H29ClN6O5/c1-32-16-7-14(8-17(33-2)20(16)34-3)27-22-26-9-15(23)21(28-22)29-10-12(5-18(24)30)4-13(11-29)6-19(25)31/h7-9,12-13H,4-6,10-11H2,1-3H3,(H2,24,30)(H2,25,31)(H,26,27,28)/t12-,13+. The second-order valence-electron chi connectivity index (χ2n) is 8.12. The van der Waals surface area contributed by atoms with Crippen molar-refractivity contribution < 1.29 is 23.8 Å². The topological polar surface area (TPSA) is 155 Å². The van der Waals surface area contributed by atoms with Gasteiger partial charge in [-0.1, -0.05) is 11.6 Å². The Balaban J connectivity index is 1.89. The fourth-order valence-electron chi connectivity index (χ4n) is 4.28. The number of carbonyl (C=O) groups excluding carboxylic acids is 2. The Morgan fingerprint density at radius 3 is 2.09 bits per heavy atom. The van der Waals surface area contributed by atoms with E-state index in [-0.39, 0.29) is 30.6 Å². The number of rotatable bonds is 10. The first kappa shape index (κ1) is 25.2. The smallest absolute Gasteiger partial charge is 0.229 e. The Kier molecular flexibility index (Phi) is 8.21. The number of halogens is 1. The zero-order chi connectivity index (χ0) is 24.8. The van der Waals surface area contributed by atoms with Gasteiger partial charge >= 0.3 is 0 Å². The van der Waals surface area contributed by atoms with Crippen LogP contribution in [0.1, 0.15) is 19.3 Å². The molecule has 0 saturated carbocycles. The van der Waals surface area contributed by atoms with E-state index in [9.17, 15) is 9.59 Å². The highest BCUT2D eigenvalue weighted by atomic mass is 35.5. The summed E-state index contributed by atoms with van der Waals surface area (Å²) in [6.07, 6.45) is 2.56. The number of methoxy groups -OCH3 is 3. The van der Waals surface area contributed by atoms with Crippen LogP contribution in [-0.2, 0) is 9.59 Å². The van der Waals surface area contributed by atoms with Crippen molar-refractivity contribution in [2.75, 3.05) is 44.6 Å². The highest BCUT2D eigenvalue weighted by Gasteiger charge is 2.31. The SMILES string of the molecule is COc1cc(Nc2ncc(Cl)c(N3C[C@H](CC(N)=O)C[C@H](CC(N)=O)C3)n2)cc(OC)c1OC. The van der Waals surface area contributed by atoms with E-state index in [0.717, 1.165) is 0 Å². The van der Waals surface area contributed by atoms with Gasteiger partial charge in [0.05, 0.1) is 27.5 Å². The van der Waals surface area contributed by atoms with Crippen molar-refractivity contribution in [3.63, 3.8) is 0 Å². The maximum atomic E-state index is 11.5. The van der Waals surface area contributed by atoms with Crippen LogP contribution in [0.5, 0.6) is 17.2 Å². The molecule has 2 atom stereocenters. The molecule has 0 radical (unpaired) electrons. The van der Waals surface area contributed by atoms with Gasteiger partial charge in [0.25, 0.3) is 0 Å². The molecule has 1 aliphatic rings. The fourth-order valence-corrected chi connectivity index (χ4v) is 4.49. The number of nitrogens with one attached hydrogen (secondary N) is 1. The molecule has 1 aromatic heterocycles. The Labute approximate surface area is 202 Å². The largest absolute Gasteiger partial charge is 0.493 e. The molecule has 0 unspecified atom stereocenters. The average Bonchev–Trinajstić information content (AvgIpc) is 2.78. The van der Waals surface area contributed by atoms with Gasteiger partial charge in [-0.25, -0.2) is 4.98 Å². The number of anilines is 3. The molecule has 2 heterocycles. The lowest BCUT2D eigenvalue weighted by Gasteiger charge is -2.38. The van der Waals surface area contributed by atoms with E-state index in [1.54, 1.807) is 12.1 Å². The third-order valence-corrected chi connectivity index (χ3v) is 5.82. The van der Waals surface area contributed by atoms with Crippen LogP contribution in [-0.4, -0.2) is 56.2 Å². The van der Waals surface area contributed by atoms with E-state index in [1.165, 1.54) is 27.5 Å². The molecule has 0 aliphatic carbocycles. The van der Waals surface area contributed by atoms with Crippen molar-refractivity contribution in [3.8, 4) is 17.2 Å². The molecule has 0 bridgehead atoms. The summed E-state index contributed by atoms with van der Waals surface area (Å²) in [7, 11) is 4.58. The number of ether oxygens (including phenoxy) is 3. The van der Waals surface area contributed by atoms with Crippen molar-refractivity contribution in [3.05, 3.63) is 23.4 Å². The predicted molar refractivity (Wildman–Crippen MR) is 128 cm³/mol. The monoisotopic (exact) mass is 492 g/mol. The van der Waals surface area contributed by atoms with E-state index in [0.29, 0.717) is 53.3 Å². The van der Waals surface area contributed by atoms with E-state index in [2.05, 4.69) is 15.3 Å². The van der Waals surface area contributed by atoms with Crippen LogP contribution in [0.2, 0.25) is 5.02 Å². The Bertz CT molecular complexity index is 1000. The number of aromatic nitrogens is 2. The van der Waals surface area contributed by atoms with Crippen LogP contribution in [0.15, 0.2) is 18.3 Å². The molecule has 2 amide bonds. The fraction of sp³-hybridized carbons (Fsp3) is 0.455. The number of nitrogens with zero attached hydrogens (tertiary/aromatic N) is 3. The highest BCUT2D eigenvalue weighted by molar-refractivity contribution is 6.32. The zero-order valence-electron chi connectivity index (χ0n) is 19.3. The molecule has 1 fully saturated rings. The molecule has 3 rings (SSSR count). The van der Waals surface area contributed by atoms with Crippen LogP contribution in [0.3, 0.4) is 0 Å². The Morgan fingerprint density at radius 1 is 1.06 bits per heavy atom. The molecular formula is C22H29ClN6O5. The zero-order valence-corrected chi connectivity index (χ0v) is 20.1. The number of hydrogen-bond acceptors (Lipinski definition) is 9. The first-order valence-corrected chi connectivity index (χ1v) is 11.0. The van der Waals surface area contributed by atoms with Crippen molar-refractivity contribution in [1.82, 2.24) is 9.97 Å². The predicted octanol–water partition coefficient (Wildman–Crippen LogP) is 2.09. The van der Waals surface area contributed by atoms with Gasteiger partial charge in [0.2, 0.25) is 23.5 Å². The number of amides is 2. The Hall–Kier alpha value is -3.47. The first-order valence-electron chi connectivity index (χ1n) is 10.6. The molecule has 1 saturated heterocycles. The van der Waals surface area contributed by atoms with Gasteiger partial charge in [-0.05, 0) is 18.3 Å². The van der Waals surface area contributed by atoms with E-state index in [4.69, 9.17) is 37.3 Å². The maximum absolute atomic E-state index is 11.5. The van der Waals surface area contributed by atoms with Gasteiger partial charge in [-0.15, -0.1) is 0 Å². The minimum Gasteiger partial charge on any atom is -0.493 e. The van der Waals surface area contributed by atoms with Crippen molar-refractivity contribution in [2.24, 2.45) is 23.3 Å². The molecule has 1 aliphatic heterocycles. The van der Waals surface area contributed by atoms with Crippen molar-refractivity contribution >= 4 is 40.9 Å². The molecule has 1 aromatic carbocycles. The molecule has 34 heavy (non-hydrogen) atoms. The van der Waals surface area contributed by atoms with Gasteiger partial charge in [0, 0.05) is 43.8 Å². The van der Waals surface area contributed by atoms with Crippen LogP contribution in [0, 0.1) is 11.8 Å². The van der Waals surface area contributed by atoms with Crippen molar-refractivity contribution in [2.45, 2.75) is 19.3 Å². The summed E-state index contributed by atoms with van der Waals surface area (Å²) in [5.74, 6) is 1.28. The van der Waals surface area contributed by atoms with Crippen LogP contribution >= 0.6 is 11.6 Å². The van der Waals surface area contributed by atoms with E-state index >= 15 is 0 Å². The third-order valence-electron chi connectivity index (χ3n) is 5.55. The van der Waals surface area contributed by atoms with E-state index < -0.39 is 11.8 Å². The van der Waals surface area contributed by atoms with Gasteiger partial charge in [0.1, 0.15) is 5.02 Å². The summed E-state index contributed by atoms with van der Waals surface area (Å²) in [6, 6.07) is 3.46. The second-order valence-corrected chi connectivity index (χ2v) is 8.52. The van der Waals surface area contributed by atoms with Crippen LogP contribution in [0.4, 0.5) is 17.5 Å². The summed E-state index contributed by atoms with van der Waals surface area (Å²) < 4.78 is 16.1.